The number of benzene rings is 2. The molecule has 0 bridgehead atoms. The van der Waals surface area contributed by atoms with Crippen molar-refractivity contribution in [1.29, 1.82) is 0 Å². The van der Waals surface area contributed by atoms with Gasteiger partial charge in [0.2, 0.25) is 5.91 Å². The van der Waals surface area contributed by atoms with Crippen molar-refractivity contribution in [2.24, 2.45) is 0 Å². The summed E-state index contributed by atoms with van der Waals surface area (Å²) < 4.78 is 0. The molecular formula is C18H16N2O3. The Hall–Kier alpha value is -2.95. The Labute approximate surface area is 134 Å². The molecule has 0 aromatic heterocycles. The minimum Gasteiger partial charge on any atom is -0.349 e. The Morgan fingerprint density at radius 1 is 0.913 bits per heavy atom. The molecule has 0 saturated carbocycles. The number of amides is 3. The van der Waals surface area contributed by atoms with E-state index in [1.165, 1.54) is 4.90 Å². The molecule has 0 spiro atoms. The lowest BCUT2D eigenvalue weighted by molar-refractivity contribution is -0.127. The highest BCUT2D eigenvalue weighted by molar-refractivity contribution is 6.34. The highest BCUT2D eigenvalue weighted by Gasteiger charge is 2.37. The maximum Gasteiger partial charge on any atom is 0.266 e. The van der Waals surface area contributed by atoms with Crippen molar-refractivity contribution >= 4 is 23.4 Å². The van der Waals surface area contributed by atoms with Crippen LogP contribution in [0.1, 0.15) is 26.3 Å². The van der Waals surface area contributed by atoms with Crippen molar-refractivity contribution in [2.75, 3.05) is 19.0 Å². The number of rotatable bonds is 3. The van der Waals surface area contributed by atoms with E-state index in [0.29, 0.717) is 22.4 Å². The predicted molar refractivity (Wildman–Crippen MR) is 86.4 cm³/mol. The first-order chi connectivity index (χ1) is 11.0. The minimum absolute atomic E-state index is 0.0888. The van der Waals surface area contributed by atoms with Crippen LogP contribution in [0.25, 0.3) is 0 Å². The molecule has 5 heteroatoms. The van der Waals surface area contributed by atoms with Crippen LogP contribution in [0.4, 0.5) is 5.69 Å². The predicted octanol–water partition coefficient (Wildman–Crippen LogP) is 2.12. The number of anilines is 1. The first kappa shape index (κ1) is 15.0. The molecule has 23 heavy (non-hydrogen) atoms. The van der Waals surface area contributed by atoms with Gasteiger partial charge in [-0.25, -0.2) is 4.90 Å². The number of likely N-dealkylation sites (N-methyl/N-ethyl adjacent to an activating group) is 1. The van der Waals surface area contributed by atoms with Gasteiger partial charge in [-0.05, 0) is 23.8 Å². The fourth-order valence-electron chi connectivity index (χ4n) is 2.61. The Kier molecular flexibility index (Phi) is 3.70. The normalized spacial score (nSPS) is 13.2. The second-order valence-electron chi connectivity index (χ2n) is 5.58. The molecule has 3 amide bonds. The van der Waals surface area contributed by atoms with E-state index in [0.717, 1.165) is 4.90 Å². The number of carbonyl (C=O) groups is 3. The second-order valence-corrected chi connectivity index (χ2v) is 5.58. The van der Waals surface area contributed by atoms with Crippen molar-refractivity contribution in [3.05, 3.63) is 65.2 Å². The molecule has 116 valence electrons. The van der Waals surface area contributed by atoms with Gasteiger partial charge < -0.3 is 4.90 Å². The highest BCUT2D eigenvalue weighted by Crippen LogP contribution is 2.30. The maximum absolute atomic E-state index is 12.6. The van der Waals surface area contributed by atoms with Crippen molar-refractivity contribution < 1.29 is 14.4 Å². The number of fused-ring (bicyclic) bond motifs is 1. The fraction of sp³-hybridized carbons (Fsp3) is 0.167. The second kappa shape index (κ2) is 5.68. The summed E-state index contributed by atoms with van der Waals surface area (Å²) >= 11 is 0. The van der Waals surface area contributed by atoms with Gasteiger partial charge in [-0.15, -0.1) is 0 Å². The van der Waals surface area contributed by atoms with Crippen LogP contribution in [0.3, 0.4) is 0 Å². The zero-order valence-electron chi connectivity index (χ0n) is 12.9. The summed E-state index contributed by atoms with van der Waals surface area (Å²) in [4.78, 5) is 39.8. The van der Waals surface area contributed by atoms with Gasteiger partial charge in [-0.3, -0.25) is 14.4 Å². The van der Waals surface area contributed by atoms with Gasteiger partial charge in [0.1, 0.15) is 0 Å². The van der Waals surface area contributed by atoms with Gasteiger partial charge >= 0.3 is 0 Å². The molecule has 1 aliphatic rings. The zero-order valence-corrected chi connectivity index (χ0v) is 12.9. The smallest absolute Gasteiger partial charge is 0.266 e. The molecule has 0 radical (unpaired) electrons. The lowest BCUT2D eigenvalue weighted by Gasteiger charge is -2.19. The van der Waals surface area contributed by atoms with Crippen molar-refractivity contribution in [3.8, 4) is 0 Å². The summed E-state index contributed by atoms with van der Waals surface area (Å²) in [5.41, 5.74) is 1.91. The Morgan fingerprint density at radius 3 is 2.00 bits per heavy atom. The van der Waals surface area contributed by atoms with Gasteiger partial charge in [0.25, 0.3) is 11.8 Å². The minimum atomic E-state index is -0.352. The topological polar surface area (TPSA) is 57.7 Å². The molecule has 2 aromatic rings. The summed E-state index contributed by atoms with van der Waals surface area (Å²) in [7, 11) is 3.35. The SMILES string of the molecule is CN(C)C(=O)Cc1ccccc1N1C(=O)c2ccccc2C1=O. The number of hydrogen-bond acceptors (Lipinski definition) is 3. The van der Waals surface area contributed by atoms with Crippen molar-refractivity contribution in [2.45, 2.75) is 6.42 Å². The van der Waals surface area contributed by atoms with Crippen LogP contribution in [0.15, 0.2) is 48.5 Å². The molecular weight excluding hydrogens is 292 g/mol. The molecule has 0 atom stereocenters. The number of para-hydroxylation sites is 1. The lowest BCUT2D eigenvalue weighted by Crippen LogP contribution is -2.31. The van der Waals surface area contributed by atoms with E-state index in [2.05, 4.69) is 0 Å². The Bertz CT molecular complexity index is 776. The molecule has 1 aliphatic heterocycles. The summed E-state index contributed by atoms with van der Waals surface area (Å²) in [5, 5.41) is 0. The van der Waals surface area contributed by atoms with E-state index in [1.807, 2.05) is 0 Å². The molecule has 0 saturated heterocycles. The van der Waals surface area contributed by atoms with E-state index in [-0.39, 0.29) is 24.1 Å². The number of carbonyl (C=O) groups excluding carboxylic acids is 3. The largest absolute Gasteiger partial charge is 0.349 e. The summed E-state index contributed by atoms with van der Waals surface area (Å²) in [5.74, 6) is -0.792. The highest BCUT2D eigenvalue weighted by atomic mass is 16.2. The van der Waals surface area contributed by atoms with E-state index < -0.39 is 0 Å². The number of hydrogen-bond donors (Lipinski definition) is 0. The van der Waals surface area contributed by atoms with Crippen LogP contribution in [0.2, 0.25) is 0 Å². The molecule has 0 unspecified atom stereocenters. The first-order valence-corrected chi connectivity index (χ1v) is 7.26. The molecule has 0 aliphatic carbocycles. The fourth-order valence-corrected chi connectivity index (χ4v) is 2.61. The van der Waals surface area contributed by atoms with E-state index in [4.69, 9.17) is 0 Å². The maximum atomic E-state index is 12.6. The molecule has 0 N–H and O–H groups in total. The van der Waals surface area contributed by atoms with Crippen LogP contribution in [0.5, 0.6) is 0 Å². The van der Waals surface area contributed by atoms with Crippen LogP contribution >= 0.6 is 0 Å². The van der Waals surface area contributed by atoms with Crippen LogP contribution < -0.4 is 4.90 Å². The summed E-state index contributed by atoms with van der Waals surface area (Å²) in [6.07, 6.45) is 0.135. The van der Waals surface area contributed by atoms with Crippen molar-refractivity contribution in [3.63, 3.8) is 0 Å². The third-order valence-corrected chi connectivity index (χ3v) is 3.87. The molecule has 5 nitrogen and oxygen atoms in total. The molecule has 2 aromatic carbocycles. The average Bonchev–Trinajstić information content (AvgIpc) is 2.80. The Balaban J connectivity index is 2.02. The van der Waals surface area contributed by atoms with Gasteiger partial charge in [0, 0.05) is 14.1 Å². The molecule has 0 fully saturated rings. The molecule has 1 heterocycles. The van der Waals surface area contributed by atoms with E-state index in [1.54, 1.807) is 62.6 Å². The van der Waals surface area contributed by atoms with Crippen molar-refractivity contribution in [1.82, 2.24) is 4.90 Å². The first-order valence-electron chi connectivity index (χ1n) is 7.26. The number of imide groups is 1. The quantitative estimate of drug-likeness (QED) is 0.816. The number of nitrogens with zero attached hydrogens (tertiary/aromatic N) is 2. The van der Waals surface area contributed by atoms with Crippen LogP contribution in [0, 0.1) is 0 Å². The van der Waals surface area contributed by atoms with E-state index >= 15 is 0 Å². The van der Waals surface area contributed by atoms with E-state index in [9.17, 15) is 14.4 Å². The van der Waals surface area contributed by atoms with Gasteiger partial charge in [0.05, 0.1) is 23.2 Å². The van der Waals surface area contributed by atoms with Gasteiger partial charge in [0.15, 0.2) is 0 Å². The summed E-state index contributed by atoms with van der Waals surface area (Å²) in [6.45, 7) is 0. The lowest BCUT2D eigenvalue weighted by atomic mass is 10.1. The monoisotopic (exact) mass is 308 g/mol. The Morgan fingerprint density at radius 2 is 1.43 bits per heavy atom. The van der Waals surface area contributed by atoms with Crippen LogP contribution in [-0.4, -0.2) is 36.7 Å². The zero-order chi connectivity index (χ0) is 16.6. The third kappa shape index (κ3) is 2.50. The average molecular weight is 308 g/mol. The van der Waals surface area contributed by atoms with Gasteiger partial charge in [-0.1, -0.05) is 30.3 Å². The summed E-state index contributed by atoms with van der Waals surface area (Å²) in [6, 6.07) is 13.7. The van der Waals surface area contributed by atoms with Crippen LogP contribution in [-0.2, 0) is 11.2 Å². The molecule has 3 rings (SSSR count). The van der Waals surface area contributed by atoms with Gasteiger partial charge in [-0.2, -0.15) is 0 Å². The standard InChI is InChI=1S/C18H16N2O3/c1-19(2)16(21)11-12-7-3-6-10-15(12)20-17(22)13-8-4-5-9-14(13)18(20)23/h3-10H,11H2,1-2H3. The third-order valence-electron chi connectivity index (χ3n) is 3.87.